The Morgan fingerprint density at radius 1 is 1.03 bits per heavy atom. The Morgan fingerprint density at radius 3 is 2.50 bits per heavy atom. The first kappa shape index (κ1) is 20.5. The maximum Gasteiger partial charge on any atom is 0.238 e. The van der Waals surface area contributed by atoms with Crippen LogP contribution >= 0.6 is 11.3 Å². The number of carbonyl (C=O) groups is 1. The maximum atomic E-state index is 12.4. The van der Waals surface area contributed by atoms with Crippen molar-refractivity contribution in [2.24, 2.45) is 0 Å². The van der Waals surface area contributed by atoms with Gasteiger partial charge >= 0.3 is 0 Å². The van der Waals surface area contributed by atoms with Crippen molar-refractivity contribution in [1.29, 1.82) is 0 Å². The number of benzene rings is 2. The van der Waals surface area contributed by atoms with Gasteiger partial charge in [0.15, 0.2) is 0 Å². The average molecular weight is 423 g/mol. The first-order chi connectivity index (χ1) is 14.7. The van der Waals surface area contributed by atoms with E-state index >= 15 is 0 Å². The third-order valence-electron chi connectivity index (χ3n) is 5.17. The van der Waals surface area contributed by atoms with Crippen molar-refractivity contribution in [3.63, 3.8) is 0 Å². The highest BCUT2D eigenvalue weighted by Gasteiger charge is 2.20. The summed E-state index contributed by atoms with van der Waals surface area (Å²) in [7, 11) is 1.61. The van der Waals surface area contributed by atoms with Crippen LogP contribution in [0.2, 0.25) is 0 Å². The number of amides is 1. The highest BCUT2D eigenvalue weighted by atomic mass is 32.1. The molecular weight excluding hydrogens is 396 g/mol. The molecule has 0 spiro atoms. The second-order valence-corrected chi connectivity index (χ2v) is 8.17. The number of methoxy groups -OCH3 is 1. The summed E-state index contributed by atoms with van der Waals surface area (Å²) < 4.78 is 5.30. The molecule has 30 heavy (non-hydrogen) atoms. The van der Waals surface area contributed by atoms with Gasteiger partial charge in [-0.15, -0.1) is 11.3 Å². The minimum atomic E-state index is -0.0139. The summed E-state index contributed by atoms with van der Waals surface area (Å²) in [6, 6.07) is 17.8. The van der Waals surface area contributed by atoms with E-state index in [0.29, 0.717) is 18.0 Å². The van der Waals surface area contributed by atoms with Crippen LogP contribution < -0.4 is 10.1 Å². The monoisotopic (exact) mass is 422 g/mol. The number of para-hydroxylation sites is 2. The number of carbonyl (C=O) groups excluding carboxylic acids is 1. The molecule has 3 aromatic rings. The number of rotatable bonds is 7. The quantitative estimate of drug-likeness (QED) is 0.631. The molecule has 1 fully saturated rings. The van der Waals surface area contributed by atoms with Crippen LogP contribution in [0.25, 0.3) is 10.6 Å². The highest BCUT2D eigenvalue weighted by molar-refractivity contribution is 7.13. The van der Waals surface area contributed by atoms with Gasteiger partial charge in [-0.05, 0) is 12.1 Å². The van der Waals surface area contributed by atoms with Gasteiger partial charge in [-0.3, -0.25) is 14.6 Å². The van der Waals surface area contributed by atoms with Crippen LogP contribution in [0.15, 0.2) is 60.0 Å². The van der Waals surface area contributed by atoms with Crippen LogP contribution in [-0.4, -0.2) is 60.5 Å². The fourth-order valence-corrected chi connectivity index (χ4v) is 4.39. The number of nitrogens with zero attached hydrogens (tertiary/aromatic N) is 3. The van der Waals surface area contributed by atoms with Gasteiger partial charge < -0.3 is 10.1 Å². The van der Waals surface area contributed by atoms with Crippen LogP contribution in [0.3, 0.4) is 0 Å². The van der Waals surface area contributed by atoms with E-state index < -0.39 is 0 Å². The Bertz CT molecular complexity index is 968. The van der Waals surface area contributed by atoms with Gasteiger partial charge in [0.1, 0.15) is 10.8 Å². The minimum absolute atomic E-state index is 0.0139. The number of piperazine rings is 1. The summed E-state index contributed by atoms with van der Waals surface area (Å²) >= 11 is 1.69. The van der Waals surface area contributed by atoms with Gasteiger partial charge in [-0.2, -0.15) is 0 Å². The number of hydrogen-bond donors (Lipinski definition) is 1. The summed E-state index contributed by atoms with van der Waals surface area (Å²) in [6.07, 6.45) is 0. The van der Waals surface area contributed by atoms with E-state index in [1.807, 2.05) is 42.5 Å². The Morgan fingerprint density at radius 2 is 1.73 bits per heavy atom. The van der Waals surface area contributed by atoms with Crippen molar-refractivity contribution >= 4 is 22.9 Å². The molecular formula is C23H26N4O2S. The van der Waals surface area contributed by atoms with E-state index in [1.165, 1.54) is 5.56 Å². The zero-order valence-electron chi connectivity index (χ0n) is 17.1. The lowest BCUT2D eigenvalue weighted by Gasteiger charge is -2.33. The fraction of sp³-hybridized carbons (Fsp3) is 0.304. The molecule has 4 rings (SSSR count). The predicted molar refractivity (Wildman–Crippen MR) is 121 cm³/mol. The number of ether oxygens (including phenoxy) is 1. The molecule has 156 valence electrons. The number of hydrogen-bond acceptors (Lipinski definition) is 6. The van der Waals surface area contributed by atoms with Gasteiger partial charge in [0.05, 0.1) is 25.0 Å². The Labute approximate surface area is 181 Å². The minimum Gasteiger partial charge on any atom is -0.495 e. The lowest BCUT2D eigenvalue weighted by molar-refractivity contribution is -0.117. The standard InChI is InChI=1S/C23H26N4O2S/c1-29-21-10-6-5-9-20(21)25-22(28)16-27-13-11-26(12-14-27)15-19-17-30-23(24-19)18-7-3-2-4-8-18/h2-10,17H,11-16H2,1H3,(H,25,28). The van der Waals surface area contributed by atoms with Crippen molar-refractivity contribution in [1.82, 2.24) is 14.8 Å². The second-order valence-electron chi connectivity index (χ2n) is 7.31. The van der Waals surface area contributed by atoms with Crippen molar-refractivity contribution in [2.45, 2.75) is 6.54 Å². The first-order valence-corrected chi connectivity index (χ1v) is 11.0. The van der Waals surface area contributed by atoms with Crippen LogP contribution in [0, 0.1) is 0 Å². The van der Waals surface area contributed by atoms with E-state index in [1.54, 1.807) is 18.4 Å². The lowest BCUT2D eigenvalue weighted by Crippen LogP contribution is -2.48. The normalized spacial score (nSPS) is 15.1. The topological polar surface area (TPSA) is 57.7 Å². The van der Waals surface area contributed by atoms with Gasteiger partial charge in [0.25, 0.3) is 0 Å². The third-order valence-corrected chi connectivity index (χ3v) is 6.11. The molecule has 1 aliphatic heterocycles. The molecule has 0 saturated carbocycles. The van der Waals surface area contributed by atoms with Crippen molar-refractivity contribution in [3.05, 3.63) is 65.7 Å². The van der Waals surface area contributed by atoms with Gasteiger partial charge in [-0.1, -0.05) is 42.5 Å². The summed E-state index contributed by atoms with van der Waals surface area (Å²) in [5.74, 6) is 0.661. The molecule has 2 aromatic carbocycles. The van der Waals surface area contributed by atoms with Gasteiger partial charge in [0.2, 0.25) is 5.91 Å². The highest BCUT2D eigenvalue weighted by Crippen LogP contribution is 2.24. The Kier molecular flexibility index (Phi) is 6.74. The van der Waals surface area contributed by atoms with Crippen molar-refractivity contribution in [2.75, 3.05) is 45.2 Å². The molecule has 7 heteroatoms. The fourth-order valence-electron chi connectivity index (χ4n) is 3.57. The van der Waals surface area contributed by atoms with E-state index in [2.05, 4.69) is 32.6 Å². The SMILES string of the molecule is COc1ccccc1NC(=O)CN1CCN(Cc2csc(-c3ccccc3)n2)CC1. The molecule has 0 unspecified atom stereocenters. The molecule has 1 amide bonds. The molecule has 0 aliphatic carbocycles. The number of nitrogens with one attached hydrogen (secondary N) is 1. The average Bonchev–Trinajstić information content (AvgIpc) is 3.24. The van der Waals surface area contributed by atoms with Crippen molar-refractivity contribution < 1.29 is 9.53 Å². The lowest BCUT2D eigenvalue weighted by atomic mass is 10.2. The summed E-state index contributed by atoms with van der Waals surface area (Å²) in [5, 5.41) is 6.17. The van der Waals surface area contributed by atoms with Crippen molar-refractivity contribution in [3.8, 4) is 16.3 Å². The van der Waals surface area contributed by atoms with E-state index in [0.717, 1.165) is 43.4 Å². The molecule has 1 aliphatic rings. The molecule has 0 bridgehead atoms. The number of thiazole rings is 1. The Hall–Kier alpha value is -2.74. The molecule has 2 heterocycles. The second kappa shape index (κ2) is 9.84. The zero-order chi connectivity index (χ0) is 20.8. The third kappa shape index (κ3) is 5.24. The number of anilines is 1. The molecule has 6 nitrogen and oxygen atoms in total. The van der Waals surface area contributed by atoms with Gasteiger partial charge in [0, 0.05) is 43.7 Å². The molecule has 0 radical (unpaired) electrons. The summed E-state index contributed by atoms with van der Waals surface area (Å²) in [4.78, 5) is 21.8. The van der Waals surface area contributed by atoms with Crippen LogP contribution in [0.1, 0.15) is 5.69 Å². The molecule has 1 saturated heterocycles. The number of aromatic nitrogens is 1. The Balaban J connectivity index is 1.24. The predicted octanol–water partition coefficient (Wildman–Crippen LogP) is 3.58. The molecule has 1 N–H and O–H groups in total. The first-order valence-electron chi connectivity index (χ1n) is 10.1. The summed E-state index contributed by atoms with van der Waals surface area (Å²) in [6.45, 7) is 4.84. The van der Waals surface area contributed by atoms with E-state index in [4.69, 9.17) is 9.72 Å². The van der Waals surface area contributed by atoms with Crippen LogP contribution in [0.4, 0.5) is 5.69 Å². The largest absolute Gasteiger partial charge is 0.495 e. The molecule has 0 atom stereocenters. The summed E-state index contributed by atoms with van der Waals surface area (Å²) in [5.41, 5.74) is 2.99. The van der Waals surface area contributed by atoms with Crippen LogP contribution in [0.5, 0.6) is 5.75 Å². The smallest absolute Gasteiger partial charge is 0.238 e. The molecule has 1 aromatic heterocycles. The zero-order valence-corrected chi connectivity index (χ0v) is 17.9. The van der Waals surface area contributed by atoms with Crippen LogP contribution in [-0.2, 0) is 11.3 Å². The maximum absolute atomic E-state index is 12.4. The van der Waals surface area contributed by atoms with E-state index in [-0.39, 0.29) is 5.91 Å². The van der Waals surface area contributed by atoms with Gasteiger partial charge in [-0.25, -0.2) is 4.98 Å². The van der Waals surface area contributed by atoms with E-state index in [9.17, 15) is 4.79 Å².